The molecule has 104 valence electrons. The molecule has 1 aromatic rings. The lowest BCUT2D eigenvalue weighted by Crippen LogP contribution is -2.32. The van der Waals surface area contributed by atoms with Crippen LogP contribution in [-0.4, -0.2) is 12.1 Å². The fourth-order valence-electron chi connectivity index (χ4n) is 1.78. The molecule has 0 saturated heterocycles. The number of amides is 1. The Morgan fingerprint density at radius 2 is 2.11 bits per heavy atom. The van der Waals surface area contributed by atoms with Gasteiger partial charge in [0.25, 0.3) is 0 Å². The van der Waals surface area contributed by atoms with Crippen LogP contribution in [0, 0.1) is 0 Å². The second-order valence-electron chi connectivity index (χ2n) is 4.68. The maximum absolute atomic E-state index is 11.6. The van der Waals surface area contributed by atoms with Gasteiger partial charge in [0.15, 0.2) is 0 Å². The number of carbonyl (C=O) groups is 1. The van der Waals surface area contributed by atoms with Crippen molar-refractivity contribution in [3.8, 4) is 0 Å². The van der Waals surface area contributed by atoms with E-state index < -0.39 is 0 Å². The Hall–Kier alpha value is -1.77. The molecule has 1 amide bonds. The van der Waals surface area contributed by atoms with Crippen LogP contribution in [0.15, 0.2) is 43.0 Å². The number of unbranched alkanes of at least 4 members (excludes halogenated alkanes) is 2. The molecule has 0 aliphatic carbocycles. The van der Waals surface area contributed by atoms with E-state index in [0.717, 1.165) is 31.2 Å². The Labute approximate surface area is 115 Å². The van der Waals surface area contributed by atoms with Crippen LogP contribution in [0.3, 0.4) is 0 Å². The molecule has 0 aliphatic rings. The molecular weight excluding hydrogens is 238 g/mol. The van der Waals surface area contributed by atoms with Crippen LogP contribution in [0.4, 0.5) is 4.79 Å². The first-order chi connectivity index (χ1) is 9.22. The fraction of sp³-hybridized carbons (Fsp3) is 0.438. The van der Waals surface area contributed by atoms with Gasteiger partial charge in [-0.25, -0.2) is 4.79 Å². The van der Waals surface area contributed by atoms with Gasteiger partial charge in [-0.3, -0.25) is 0 Å². The summed E-state index contributed by atoms with van der Waals surface area (Å²) in [6, 6.07) is 9.82. The number of rotatable bonds is 8. The zero-order valence-corrected chi connectivity index (χ0v) is 11.6. The number of ether oxygens (including phenoxy) is 1. The molecule has 0 fully saturated rings. The van der Waals surface area contributed by atoms with E-state index in [1.807, 2.05) is 43.3 Å². The van der Waals surface area contributed by atoms with Gasteiger partial charge in [-0.15, -0.1) is 6.58 Å². The molecule has 0 spiro atoms. The number of carbonyl (C=O) groups excluding carboxylic acids is 1. The predicted octanol–water partition coefficient (Wildman–Crippen LogP) is 4.05. The van der Waals surface area contributed by atoms with Crippen molar-refractivity contribution >= 4 is 6.09 Å². The third-order valence-corrected chi connectivity index (χ3v) is 2.87. The molecule has 0 bridgehead atoms. The zero-order chi connectivity index (χ0) is 13.9. The van der Waals surface area contributed by atoms with E-state index in [4.69, 9.17) is 4.74 Å². The second kappa shape index (κ2) is 9.20. The Morgan fingerprint density at radius 1 is 1.37 bits per heavy atom. The van der Waals surface area contributed by atoms with Crippen molar-refractivity contribution in [2.24, 2.45) is 0 Å². The molecule has 0 aromatic heterocycles. The minimum atomic E-state index is -0.347. The molecule has 1 unspecified atom stereocenters. The standard InChI is InChI=1S/C16H23NO2/c1-3-4-5-7-10-14(2)17-16(18)19-13-15-11-8-6-9-12-15/h3,6,8-9,11-12,14H,1,4-5,7,10,13H2,2H3,(H,17,18). The topological polar surface area (TPSA) is 38.3 Å². The van der Waals surface area contributed by atoms with E-state index in [0.29, 0.717) is 6.61 Å². The van der Waals surface area contributed by atoms with Crippen LogP contribution in [0.25, 0.3) is 0 Å². The summed E-state index contributed by atoms with van der Waals surface area (Å²) in [6.07, 6.45) is 5.78. The molecule has 0 saturated carbocycles. The van der Waals surface area contributed by atoms with E-state index in [1.54, 1.807) is 0 Å². The van der Waals surface area contributed by atoms with Gasteiger partial charge in [-0.05, 0) is 31.7 Å². The summed E-state index contributed by atoms with van der Waals surface area (Å²) in [6.45, 7) is 6.00. The third-order valence-electron chi connectivity index (χ3n) is 2.87. The first-order valence-corrected chi connectivity index (χ1v) is 6.80. The Morgan fingerprint density at radius 3 is 2.79 bits per heavy atom. The molecular formula is C16H23NO2. The van der Waals surface area contributed by atoms with Gasteiger partial charge in [-0.1, -0.05) is 42.8 Å². The van der Waals surface area contributed by atoms with Crippen molar-refractivity contribution in [1.29, 1.82) is 0 Å². The van der Waals surface area contributed by atoms with Gasteiger partial charge >= 0.3 is 6.09 Å². The van der Waals surface area contributed by atoms with E-state index in [1.165, 1.54) is 0 Å². The lowest BCUT2D eigenvalue weighted by atomic mass is 10.1. The van der Waals surface area contributed by atoms with Crippen molar-refractivity contribution in [3.63, 3.8) is 0 Å². The van der Waals surface area contributed by atoms with Gasteiger partial charge in [0, 0.05) is 6.04 Å². The second-order valence-corrected chi connectivity index (χ2v) is 4.68. The zero-order valence-electron chi connectivity index (χ0n) is 11.6. The monoisotopic (exact) mass is 261 g/mol. The number of nitrogens with one attached hydrogen (secondary N) is 1. The van der Waals surface area contributed by atoms with Crippen molar-refractivity contribution in [2.45, 2.75) is 45.3 Å². The summed E-state index contributed by atoms with van der Waals surface area (Å²) in [5.41, 5.74) is 0.997. The summed E-state index contributed by atoms with van der Waals surface area (Å²) in [7, 11) is 0. The summed E-state index contributed by atoms with van der Waals surface area (Å²) < 4.78 is 5.16. The lowest BCUT2D eigenvalue weighted by Gasteiger charge is -2.13. The van der Waals surface area contributed by atoms with Gasteiger partial charge in [-0.2, -0.15) is 0 Å². The number of benzene rings is 1. The van der Waals surface area contributed by atoms with Crippen molar-refractivity contribution in [3.05, 3.63) is 48.6 Å². The van der Waals surface area contributed by atoms with Crippen LogP contribution in [0.5, 0.6) is 0 Å². The summed E-state index contributed by atoms with van der Waals surface area (Å²) in [5.74, 6) is 0. The van der Waals surface area contributed by atoms with Crippen molar-refractivity contribution in [2.75, 3.05) is 0 Å². The largest absolute Gasteiger partial charge is 0.445 e. The maximum Gasteiger partial charge on any atom is 0.407 e. The maximum atomic E-state index is 11.6. The van der Waals surface area contributed by atoms with Crippen LogP contribution in [0.2, 0.25) is 0 Å². The van der Waals surface area contributed by atoms with Crippen LogP contribution >= 0.6 is 0 Å². The van der Waals surface area contributed by atoms with Gasteiger partial charge < -0.3 is 10.1 Å². The Kier molecular flexibility index (Phi) is 7.40. The quantitative estimate of drug-likeness (QED) is 0.566. The third kappa shape index (κ3) is 7.29. The normalized spacial score (nSPS) is 11.6. The minimum Gasteiger partial charge on any atom is -0.445 e. The van der Waals surface area contributed by atoms with Gasteiger partial charge in [0.05, 0.1) is 0 Å². The molecule has 19 heavy (non-hydrogen) atoms. The molecule has 1 N–H and O–H groups in total. The Balaban J connectivity index is 2.14. The van der Waals surface area contributed by atoms with E-state index in [2.05, 4.69) is 11.9 Å². The number of alkyl carbamates (subject to hydrolysis) is 1. The fourth-order valence-corrected chi connectivity index (χ4v) is 1.78. The average Bonchev–Trinajstić information content (AvgIpc) is 2.42. The number of allylic oxidation sites excluding steroid dienone is 1. The molecule has 1 atom stereocenters. The highest BCUT2D eigenvalue weighted by Crippen LogP contribution is 2.05. The van der Waals surface area contributed by atoms with Crippen molar-refractivity contribution < 1.29 is 9.53 Å². The molecule has 0 heterocycles. The molecule has 3 nitrogen and oxygen atoms in total. The summed E-state index contributed by atoms with van der Waals surface area (Å²) in [4.78, 5) is 11.6. The SMILES string of the molecule is C=CCCCCC(C)NC(=O)OCc1ccccc1. The van der Waals surface area contributed by atoms with Crippen LogP contribution in [0.1, 0.15) is 38.2 Å². The molecule has 1 aromatic carbocycles. The molecule has 1 rings (SSSR count). The first-order valence-electron chi connectivity index (χ1n) is 6.80. The van der Waals surface area contributed by atoms with Gasteiger partial charge in [0.1, 0.15) is 6.61 Å². The highest BCUT2D eigenvalue weighted by atomic mass is 16.5. The summed E-state index contributed by atoms with van der Waals surface area (Å²) in [5, 5.41) is 2.84. The van der Waals surface area contributed by atoms with E-state index >= 15 is 0 Å². The van der Waals surface area contributed by atoms with Crippen LogP contribution in [-0.2, 0) is 11.3 Å². The van der Waals surface area contributed by atoms with E-state index in [-0.39, 0.29) is 12.1 Å². The average molecular weight is 261 g/mol. The summed E-state index contributed by atoms with van der Waals surface area (Å²) >= 11 is 0. The number of hydrogen-bond donors (Lipinski definition) is 1. The van der Waals surface area contributed by atoms with Crippen molar-refractivity contribution in [1.82, 2.24) is 5.32 Å². The lowest BCUT2D eigenvalue weighted by molar-refractivity contribution is 0.136. The smallest absolute Gasteiger partial charge is 0.407 e. The molecule has 0 aliphatic heterocycles. The highest BCUT2D eigenvalue weighted by molar-refractivity contribution is 5.67. The number of hydrogen-bond acceptors (Lipinski definition) is 2. The molecule has 0 radical (unpaired) electrons. The predicted molar refractivity (Wildman–Crippen MR) is 77.9 cm³/mol. The van der Waals surface area contributed by atoms with Crippen LogP contribution < -0.4 is 5.32 Å². The van der Waals surface area contributed by atoms with Gasteiger partial charge in [0.2, 0.25) is 0 Å². The highest BCUT2D eigenvalue weighted by Gasteiger charge is 2.07. The Bertz CT molecular complexity index is 376. The first kappa shape index (κ1) is 15.3. The van der Waals surface area contributed by atoms with E-state index in [9.17, 15) is 4.79 Å². The molecule has 3 heteroatoms. The minimum absolute atomic E-state index is 0.146.